The average molecular weight is 492 g/mol. The maximum Gasteiger partial charge on any atom is 0.278 e. The molecular weight excluding hydrogens is 463 g/mol. The number of amides is 2. The molecule has 1 aromatic carbocycles. The SMILES string of the molecule is CC(F)(F)COc1ccnc(N2C(=O)C(C)(C)c3cc(C(=O)NC4(C)CCOCC4)c(F)cc32)c1. The van der Waals surface area contributed by atoms with E-state index in [1.807, 2.05) is 6.92 Å². The van der Waals surface area contributed by atoms with Gasteiger partial charge in [0.05, 0.1) is 16.7 Å². The highest BCUT2D eigenvalue weighted by Crippen LogP contribution is 2.46. The van der Waals surface area contributed by atoms with Gasteiger partial charge in [0, 0.05) is 37.9 Å². The van der Waals surface area contributed by atoms with Gasteiger partial charge in [-0.05, 0) is 57.4 Å². The van der Waals surface area contributed by atoms with Gasteiger partial charge in [0.15, 0.2) is 6.61 Å². The van der Waals surface area contributed by atoms with Gasteiger partial charge in [-0.15, -0.1) is 0 Å². The Morgan fingerprint density at radius 2 is 1.91 bits per heavy atom. The van der Waals surface area contributed by atoms with Crippen molar-refractivity contribution in [2.75, 3.05) is 24.7 Å². The number of ether oxygens (including phenoxy) is 2. The molecule has 0 spiro atoms. The van der Waals surface area contributed by atoms with E-state index in [-0.39, 0.29) is 22.8 Å². The third kappa shape index (κ3) is 4.98. The summed E-state index contributed by atoms with van der Waals surface area (Å²) in [5.74, 6) is -4.59. The lowest BCUT2D eigenvalue weighted by Gasteiger charge is -2.34. The molecule has 1 N–H and O–H groups in total. The van der Waals surface area contributed by atoms with Crippen LogP contribution < -0.4 is 15.0 Å². The molecule has 2 amide bonds. The van der Waals surface area contributed by atoms with Crippen LogP contribution in [-0.4, -0.2) is 48.1 Å². The minimum atomic E-state index is -3.04. The molecule has 0 unspecified atom stereocenters. The monoisotopic (exact) mass is 491 g/mol. The molecule has 2 aliphatic rings. The molecule has 0 bridgehead atoms. The highest BCUT2D eigenvalue weighted by molar-refractivity contribution is 6.12. The first-order valence-electron chi connectivity index (χ1n) is 11.4. The fraction of sp³-hybridized carbons (Fsp3) is 0.480. The number of carbonyl (C=O) groups excluding carboxylic acids is 2. The molecule has 4 rings (SSSR count). The van der Waals surface area contributed by atoms with Crippen molar-refractivity contribution in [3.63, 3.8) is 0 Å². The molecule has 188 valence electrons. The van der Waals surface area contributed by atoms with Crippen LogP contribution in [0.15, 0.2) is 30.5 Å². The Morgan fingerprint density at radius 3 is 2.57 bits per heavy atom. The lowest BCUT2D eigenvalue weighted by atomic mass is 9.85. The van der Waals surface area contributed by atoms with Crippen molar-refractivity contribution in [2.45, 2.75) is 57.4 Å². The Labute approximate surface area is 201 Å². The molecule has 3 heterocycles. The zero-order valence-electron chi connectivity index (χ0n) is 20.1. The second-order valence-corrected chi connectivity index (χ2v) is 9.95. The number of hydrogen-bond acceptors (Lipinski definition) is 5. The minimum Gasteiger partial charge on any atom is -0.487 e. The first-order valence-corrected chi connectivity index (χ1v) is 11.4. The number of benzene rings is 1. The van der Waals surface area contributed by atoms with Gasteiger partial charge in [0.1, 0.15) is 17.4 Å². The summed E-state index contributed by atoms with van der Waals surface area (Å²) < 4.78 is 52.1. The van der Waals surface area contributed by atoms with Crippen molar-refractivity contribution in [3.05, 3.63) is 47.4 Å². The molecule has 2 aromatic rings. The number of aromatic nitrogens is 1. The predicted molar refractivity (Wildman–Crippen MR) is 123 cm³/mol. The van der Waals surface area contributed by atoms with Gasteiger partial charge in [-0.25, -0.2) is 18.2 Å². The van der Waals surface area contributed by atoms with Gasteiger partial charge < -0.3 is 14.8 Å². The number of rotatable bonds is 6. The second-order valence-electron chi connectivity index (χ2n) is 9.95. The summed E-state index contributed by atoms with van der Waals surface area (Å²) in [6, 6.07) is 5.28. The van der Waals surface area contributed by atoms with Crippen LogP contribution in [-0.2, 0) is 14.9 Å². The fourth-order valence-electron chi connectivity index (χ4n) is 4.26. The van der Waals surface area contributed by atoms with Gasteiger partial charge in [-0.2, -0.15) is 0 Å². The summed E-state index contributed by atoms with van der Waals surface area (Å²) in [4.78, 5) is 31.8. The van der Waals surface area contributed by atoms with E-state index in [0.717, 1.165) is 13.0 Å². The Bertz CT molecular complexity index is 1160. The molecule has 0 atom stereocenters. The fourth-order valence-corrected chi connectivity index (χ4v) is 4.26. The van der Waals surface area contributed by atoms with Crippen LogP contribution in [0, 0.1) is 5.82 Å². The van der Waals surface area contributed by atoms with Gasteiger partial charge in [0.25, 0.3) is 11.8 Å². The van der Waals surface area contributed by atoms with E-state index in [0.29, 0.717) is 31.6 Å². The number of halogens is 3. The van der Waals surface area contributed by atoms with Crippen LogP contribution >= 0.6 is 0 Å². The largest absolute Gasteiger partial charge is 0.487 e. The van der Waals surface area contributed by atoms with Crippen molar-refractivity contribution in [3.8, 4) is 5.75 Å². The number of anilines is 2. The average Bonchev–Trinajstić information content (AvgIpc) is 2.96. The van der Waals surface area contributed by atoms with E-state index in [9.17, 15) is 18.4 Å². The number of carbonyl (C=O) groups is 2. The maximum absolute atomic E-state index is 15.2. The van der Waals surface area contributed by atoms with Gasteiger partial charge in [0.2, 0.25) is 5.91 Å². The summed E-state index contributed by atoms with van der Waals surface area (Å²) >= 11 is 0. The van der Waals surface area contributed by atoms with Gasteiger partial charge in [-0.1, -0.05) is 0 Å². The normalized spacial score (nSPS) is 18.8. The van der Waals surface area contributed by atoms with E-state index in [1.54, 1.807) is 13.8 Å². The molecule has 7 nitrogen and oxygen atoms in total. The molecule has 35 heavy (non-hydrogen) atoms. The van der Waals surface area contributed by atoms with Crippen LogP contribution in [0.4, 0.5) is 24.7 Å². The summed E-state index contributed by atoms with van der Waals surface area (Å²) in [7, 11) is 0. The molecule has 0 saturated carbocycles. The lowest BCUT2D eigenvalue weighted by Crippen LogP contribution is -2.49. The van der Waals surface area contributed by atoms with E-state index in [2.05, 4.69) is 10.3 Å². The molecular formula is C25H28F3N3O4. The third-order valence-electron chi connectivity index (χ3n) is 6.43. The molecule has 0 radical (unpaired) electrons. The molecule has 10 heteroatoms. The number of alkyl halides is 2. The molecule has 0 aliphatic carbocycles. The first-order chi connectivity index (χ1) is 16.3. The summed E-state index contributed by atoms with van der Waals surface area (Å²) in [5.41, 5.74) is -1.07. The van der Waals surface area contributed by atoms with E-state index < -0.39 is 41.1 Å². The van der Waals surface area contributed by atoms with Crippen LogP contribution in [0.1, 0.15) is 56.5 Å². The van der Waals surface area contributed by atoms with Crippen LogP contribution in [0.3, 0.4) is 0 Å². The summed E-state index contributed by atoms with van der Waals surface area (Å²) in [5, 5.41) is 2.91. The smallest absolute Gasteiger partial charge is 0.278 e. The molecule has 2 aliphatic heterocycles. The Balaban J connectivity index is 1.67. The highest BCUT2D eigenvalue weighted by Gasteiger charge is 2.46. The van der Waals surface area contributed by atoms with Crippen molar-refractivity contribution >= 4 is 23.3 Å². The number of pyridine rings is 1. The summed E-state index contributed by atoms with van der Waals surface area (Å²) in [6.07, 6.45) is 2.54. The molecule has 1 fully saturated rings. The van der Waals surface area contributed by atoms with Crippen molar-refractivity contribution in [2.24, 2.45) is 0 Å². The quantitative estimate of drug-likeness (QED) is 0.643. The first kappa shape index (κ1) is 25.0. The second kappa shape index (κ2) is 8.82. The number of nitrogens with one attached hydrogen (secondary N) is 1. The van der Waals surface area contributed by atoms with Gasteiger partial charge in [-0.3, -0.25) is 14.5 Å². The van der Waals surface area contributed by atoms with E-state index in [1.165, 1.54) is 29.3 Å². The zero-order valence-corrected chi connectivity index (χ0v) is 20.1. The third-order valence-corrected chi connectivity index (χ3v) is 6.43. The standard InChI is InChI=1S/C25H28F3N3O4/c1-23(2)17-12-16(21(32)30-24(3)6-9-34-10-7-24)18(26)13-19(17)31(22(23)33)20-11-15(5-8-29-20)35-14-25(4,27)28/h5,8,11-13H,6-7,9-10,14H2,1-4H3,(H,30,32). The minimum absolute atomic E-state index is 0.0942. The van der Waals surface area contributed by atoms with Crippen molar-refractivity contribution in [1.29, 1.82) is 0 Å². The molecule has 1 aromatic heterocycles. The lowest BCUT2D eigenvalue weighted by molar-refractivity contribution is -0.121. The Kier molecular flexibility index (Phi) is 6.29. The topological polar surface area (TPSA) is 80.8 Å². The van der Waals surface area contributed by atoms with Crippen LogP contribution in [0.25, 0.3) is 0 Å². The zero-order chi connectivity index (χ0) is 25.6. The van der Waals surface area contributed by atoms with Crippen molar-refractivity contribution in [1.82, 2.24) is 10.3 Å². The number of fused-ring (bicyclic) bond motifs is 1. The highest BCUT2D eigenvalue weighted by atomic mass is 19.3. The molecule has 1 saturated heterocycles. The van der Waals surface area contributed by atoms with E-state index >= 15 is 4.39 Å². The van der Waals surface area contributed by atoms with Crippen LogP contribution in [0.2, 0.25) is 0 Å². The van der Waals surface area contributed by atoms with Crippen molar-refractivity contribution < 1.29 is 32.2 Å². The Hall–Kier alpha value is -3.14. The number of nitrogens with zero attached hydrogens (tertiary/aromatic N) is 2. The van der Waals surface area contributed by atoms with Gasteiger partial charge >= 0.3 is 0 Å². The summed E-state index contributed by atoms with van der Waals surface area (Å²) in [6.45, 7) is 6.14. The Morgan fingerprint density at radius 1 is 1.23 bits per heavy atom. The van der Waals surface area contributed by atoms with Crippen LogP contribution in [0.5, 0.6) is 5.75 Å². The predicted octanol–water partition coefficient (Wildman–Crippen LogP) is 4.51. The number of hydrogen-bond donors (Lipinski definition) is 1. The van der Waals surface area contributed by atoms with E-state index in [4.69, 9.17) is 9.47 Å². The maximum atomic E-state index is 15.2.